The molecule has 1 amide bonds. The molecule has 1 aliphatic carbocycles. The van der Waals surface area contributed by atoms with Crippen molar-refractivity contribution >= 4 is 11.9 Å². The summed E-state index contributed by atoms with van der Waals surface area (Å²) in [4.78, 5) is 22.7. The zero-order valence-corrected chi connectivity index (χ0v) is 11.0. The molecule has 0 bridgehead atoms. The number of nitrogens with one attached hydrogen (secondary N) is 2. The fourth-order valence-electron chi connectivity index (χ4n) is 1.30. The van der Waals surface area contributed by atoms with Crippen LogP contribution >= 0.6 is 0 Å². The first-order valence-electron chi connectivity index (χ1n) is 5.94. The minimum absolute atomic E-state index is 0.0678. The van der Waals surface area contributed by atoms with Crippen LogP contribution in [0.2, 0.25) is 0 Å². The summed E-state index contributed by atoms with van der Waals surface area (Å²) in [5.41, 5.74) is -1.59. The molecule has 1 aliphatic rings. The van der Waals surface area contributed by atoms with Crippen LogP contribution in [0, 0.1) is 5.41 Å². The first-order chi connectivity index (χ1) is 7.67. The molecule has 0 atom stereocenters. The van der Waals surface area contributed by atoms with Crippen molar-refractivity contribution < 1.29 is 14.7 Å². The highest BCUT2D eigenvalue weighted by molar-refractivity contribution is 5.79. The van der Waals surface area contributed by atoms with Gasteiger partial charge in [-0.2, -0.15) is 0 Å². The average molecular weight is 242 g/mol. The van der Waals surface area contributed by atoms with E-state index >= 15 is 0 Å². The SMILES string of the molecule is CC(C)(NCC(=O)NC1CC1)C(C)(C)C(=O)O. The number of carbonyl (C=O) groups is 2. The Balaban J connectivity index is 2.47. The number of carboxylic acids is 1. The van der Waals surface area contributed by atoms with Crippen LogP contribution in [-0.2, 0) is 9.59 Å². The molecule has 0 spiro atoms. The second-order valence-corrected chi connectivity index (χ2v) is 5.75. The fraction of sp³-hybridized carbons (Fsp3) is 0.833. The van der Waals surface area contributed by atoms with E-state index in [2.05, 4.69) is 10.6 Å². The summed E-state index contributed by atoms with van der Waals surface area (Å²) in [6.07, 6.45) is 2.10. The van der Waals surface area contributed by atoms with Crippen molar-refractivity contribution in [3.05, 3.63) is 0 Å². The molecule has 1 saturated carbocycles. The van der Waals surface area contributed by atoms with E-state index in [4.69, 9.17) is 5.11 Å². The summed E-state index contributed by atoms with van der Waals surface area (Å²) >= 11 is 0. The Kier molecular flexibility index (Phi) is 3.81. The van der Waals surface area contributed by atoms with Gasteiger partial charge in [0.2, 0.25) is 5.91 Å². The van der Waals surface area contributed by atoms with Crippen molar-refractivity contribution in [3.63, 3.8) is 0 Å². The van der Waals surface area contributed by atoms with E-state index in [0.717, 1.165) is 12.8 Å². The molecule has 5 heteroatoms. The van der Waals surface area contributed by atoms with E-state index in [-0.39, 0.29) is 12.5 Å². The molecular formula is C12H22N2O3. The molecular weight excluding hydrogens is 220 g/mol. The molecule has 0 aliphatic heterocycles. The smallest absolute Gasteiger partial charge is 0.310 e. The van der Waals surface area contributed by atoms with Crippen LogP contribution in [0.5, 0.6) is 0 Å². The fourth-order valence-corrected chi connectivity index (χ4v) is 1.30. The number of rotatable bonds is 6. The molecule has 0 aromatic rings. The molecule has 0 radical (unpaired) electrons. The predicted molar refractivity (Wildman–Crippen MR) is 64.7 cm³/mol. The van der Waals surface area contributed by atoms with Crippen molar-refractivity contribution in [1.82, 2.24) is 10.6 Å². The summed E-state index contributed by atoms with van der Waals surface area (Å²) in [5.74, 6) is -0.945. The highest BCUT2D eigenvalue weighted by Gasteiger charge is 2.43. The van der Waals surface area contributed by atoms with Gasteiger partial charge in [0.1, 0.15) is 0 Å². The molecule has 0 unspecified atom stereocenters. The second-order valence-electron chi connectivity index (χ2n) is 5.75. The van der Waals surface area contributed by atoms with Crippen LogP contribution in [-0.4, -0.2) is 35.1 Å². The first-order valence-corrected chi connectivity index (χ1v) is 5.94. The molecule has 98 valence electrons. The van der Waals surface area contributed by atoms with E-state index in [1.807, 2.05) is 0 Å². The third-order valence-electron chi connectivity index (χ3n) is 3.73. The zero-order chi connectivity index (χ0) is 13.3. The maximum atomic E-state index is 11.5. The summed E-state index contributed by atoms with van der Waals surface area (Å²) in [6.45, 7) is 7.06. The van der Waals surface area contributed by atoms with Crippen LogP contribution in [0.25, 0.3) is 0 Å². The van der Waals surface area contributed by atoms with Gasteiger partial charge in [-0.15, -0.1) is 0 Å². The van der Waals surface area contributed by atoms with Crippen LogP contribution in [0.4, 0.5) is 0 Å². The molecule has 0 aromatic carbocycles. The number of hydrogen-bond donors (Lipinski definition) is 3. The lowest BCUT2D eigenvalue weighted by Crippen LogP contribution is -2.57. The molecule has 0 heterocycles. The van der Waals surface area contributed by atoms with Gasteiger partial charge in [0.05, 0.1) is 12.0 Å². The minimum atomic E-state index is -0.938. The third-order valence-corrected chi connectivity index (χ3v) is 3.73. The molecule has 1 fully saturated rings. The minimum Gasteiger partial charge on any atom is -0.481 e. The lowest BCUT2D eigenvalue weighted by atomic mass is 9.74. The van der Waals surface area contributed by atoms with Crippen molar-refractivity contribution in [2.45, 2.75) is 52.1 Å². The highest BCUT2D eigenvalue weighted by atomic mass is 16.4. The molecule has 3 N–H and O–H groups in total. The number of carboxylic acid groups (broad SMARTS) is 1. The number of aliphatic carboxylic acids is 1. The van der Waals surface area contributed by atoms with Gasteiger partial charge in [-0.25, -0.2) is 0 Å². The Hall–Kier alpha value is -1.10. The summed E-state index contributed by atoms with van der Waals surface area (Å²) in [5, 5.41) is 15.0. The Morgan fingerprint density at radius 1 is 1.24 bits per heavy atom. The zero-order valence-electron chi connectivity index (χ0n) is 11.0. The van der Waals surface area contributed by atoms with Gasteiger partial charge in [-0.1, -0.05) is 0 Å². The van der Waals surface area contributed by atoms with Crippen LogP contribution in [0.15, 0.2) is 0 Å². The van der Waals surface area contributed by atoms with Crippen LogP contribution in [0.1, 0.15) is 40.5 Å². The third kappa shape index (κ3) is 3.43. The maximum absolute atomic E-state index is 11.5. The van der Waals surface area contributed by atoms with Gasteiger partial charge in [0, 0.05) is 11.6 Å². The lowest BCUT2D eigenvalue weighted by molar-refractivity contribution is -0.151. The van der Waals surface area contributed by atoms with E-state index < -0.39 is 16.9 Å². The van der Waals surface area contributed by atoms with Crippen molar-refractivity contribution in [2.75, 3.05) is 6.54 Å². The van der Waals surface area contributed by atoms with Gasteiger partial charge < -0.3 is 15.7 Å². The van der Waals surface area contributed by atoms with Gasteiger partial charge in [-0.3, -0.25) is 9.59 Å². The molecule has 0 aromatic heterocycles. The Morgan fingerprint density at radius 3 is 2.18 bits per heavy atom. The molecule has 5 nitrogen and oxygen atoms in total. The summed E-state index contributed by atoms with van der Waals surface area (Å²) in [7, 11) is 0. The monoisotopic (exact) mass is 242 g/mol. The van der Waals surface area contributed by atoms with Crippen LogP contribution in [0.3, 0.4) is 0 Å². The first kappa shape index (κ1) is 14.0. The normalized spacial score (nSPS) is 16.7. The quantitative estimate of drug-likeness (QED) is 0.642. The van der Waals surface area contributed by atoms with Gasteiger partial charge in [0.15, 0.2) is 0 Å². The van der Waals surface area contributed by atoms with Gasteiger partial charge >= 0.3 is 5.97 Å². The largest absolute Gasteiger partial charge is 0.481 e. The van der Waals surface area contributed by atoms with Crippen molar-refractivity contribution in [2.24, 2.45) is 5.41 Å². The topological polar surface area (TPSA) is 78.4 Å². The Bertz CT molecular complexity index is 320. The summed E-state index contributed by atoms with van der Waals surface area (Å²) in [6, 6.07) is 0.333. The average Bonchev–Trinajstić information content (AvgIpc) is 2.98. The maximum Gasteiger partial charge on any atom is 0.310 e. The van der Waals surface area contributed by atoms with E-state index in [1.54, 1.807) is 27.7 Å². The number of amides is 1. The second kappa shape index (κ2) is 4.64. The predicted octanol–water partition coefficient (Wildman–Crippen LogP) is 0.744. The number of carbonyl (C=O) groups excluding carboxylic acids is 1. The lowest BCUT2D eigenvalue weighted by Gasteiger charge is -2.38. The molecule has 0 saturated heterocycles. The van der Waals surface area contributed by atoms with E-state index in [1.165, 1.54) is 0 Å². The molecule has 1 rings (SSSR count). The Morgan fingerprint density at radius 2 is 1.76 bits per heavy atom. The van der Waals surface area contributed by atoms with Gasteiger partial charge in [-0.05, 0) is 40.5 Å². The van der Waals surface area contributed by atoms with Crippen LogP contribution < -0.4 is 10.6 Å². The van der Waals surface area contributed by atoms with Crippen molar-refractivity contribution in [1.29, 1.82) is 0 Å². The summed E-state index contributed by atoms with van der Waals surface area (Å²) < 4.78 is 0. The Labute approximate surface area is 102 Å². The number of hydrogen-bond acceptors (Lipinski definition) is 3. The standard InChI is InChI=1S/C12H22N2O3/c1-11(2,10(16)17)12(3,4)13-7-9(15)14-8-5-6-8/h8,13H,5-7H2,1-4H3,(H,14,15)(H,16,17). The highest BCUT2D eigenvalue weighted by Crippen LogP contribution is 2.30. The van der Waals surface area contributed by atoms with E-state index in [9.17, 15) is 9.59 Å². The van der Waals surface area contributed by atoms with E-state index in [0.29, 0.717) is 6.04 Å². The van der Waals surface area contributed by atoms with Gasteiger partial charge in [0.25, 0.3) is 0 Å². The molecule has 17 heavy (non-hydrogen) atoms. The van der Waals surface area contributed by atoms with Crippen molar-refractivity contribution in [3.8, 4) is 0 Å².